The van der Waals surface area contributed by atoms with Crippen molar-refractivity contribution in [1.29, 1.82) is 0 Å². The molecule has 0 spiro atoms. The Morgan fingerprint density at radius 3 is 2.75 bits per heavy atom. The molecule has 1 aromatic carbocycles. The van der Waals surface area contributed by atoms with Gasteiger partial charge in [0.25, 0.3) is 0 Å². The van der Waals surface area contributed by atoms with Crippen molar-refractivity contribution >= 4 is 17.7 Å². The summed E-state index contributed by atoms with van der Waals surface area (Å²) in [5, 5.41) is 11.6. The number of likely N-dealkylation sites (tertiary alicyclic amines) is 1. The highest BCUT2D eigenvalue weighted by Crippen LogP contribution is 2.26. The Morgan fingerprint density at radius 2 is 2.00 bits per heavy atom. The number of benzene rings is 1. The first-order valence-electron chi connectivity index (χ1n) is 7.01. The summed E-state index contributed by atoms with van der Waals surface area (Å²) in [4.78, 5) is 24.2. The Kier molecular flexibility index (Phi) is 3.34. The van der Waals surface area contributed by atoms with E-state index >= 15 is 0 Å². The second-order valence-electron chi connectivity index (χ2n) is 5.64. The SMILES string of the molecule is O=C(O)CC1CN(C(=O)Nc2ccc3c(c2)CCC3)C1. The van der Waals surface area contributed by atoms with Gasteiger partial charge >= 0.3 is 12.0 Å². The smallest absolute Gasteiger partial charge is 0.321 e. The molecule has 2 N–H and O–H groups in total. The normalized spacial score (nSPS) is 17.5. The van der Waals surface area contributed by atoms with Gasteiger partial charge in [-0.2, -0.15) is 0 Å². The van der Waals surface area contributed by atoms with Gasteiger partial charge in [-0.25, -0.2) is 4.79 Å². The van der Waals surface area contributed by atoms with Crippen molar-refractivity contribution < 1.29 is 14.7 Å². The third-order valence-electron chi connectivity index (χ3n) is 4.06. The maximum absolute atomic E-state index is 12.0. The summed E-state index contributed by atoms with van der Waals surface area (Å²) in [6.07, 6.45) is 3.55. The molecule has 106 valence electrons. The van der Waals surface area contributed by atoms with Crippen LogP contribution in [-0.4, -0.2) is 35.1 Å². The third-order valence-corrected chi connectivity index (χ3v) is 4.06. The second-order valence-corrected chi connectivity index (χ2v) is 5.64. The number of nitrogens with one attached hydrogen (secondary N) is 1. The van der Waals surface area contributed by atoms with Crippen molar-refractivity contribution in [2.75, 3.05) is 18.4 Å². The van der Waals surface area contributed by atoms with E-state index in [4.69, 9.17) is 5.11 Å². The average molecular weight is 274 g/mol. The van der Waals surface area contributed by atoms with Gasteiger partial charge < -0.3 is 15.3 Å². The first kappa shape index (κ1) is 13.0. The van der Waals surface area contributed by atoms with Crippen LogP contribution in [0.1, 0.15) is 24.0 Å². The zero-order chi connectivity index (χ0) is 14.1. The van der Waals surface area contributed by atoms with Crippen LogP contribution in [0.3, 0.4) is 0 Å². The summed E-state index contributed by atoms with van der Waals surface area (Å²) < 4.78 is 0. The number of nitrogens with zero attached hydrogens (tertiary/aromatic N) is 1. The van der Waals surface area contributed by atoms with Crippen LogP contribution in [-0.2, 0) is 17.6 Å². The van der Waals surface area contributed by atoms with E-state index in [1.807, 2.05) is 6.07 Å². The number of fused-ring (bicyclic) bond motifs is 1. The fraction of sp³-hybridized carbons (Fsp3) is 0.467. The molecule has 0 radical (unpaired) electrons. The van der Waals surface area contributed by atoms with E-state index in [-0.39, 0.29) is 18.4 Å². The van der Waals surface area contributed by atoms with Gasteiger partial charge in [-0.05, 0) is 42.5 Å². The number of urea groups is 1. The molecule has 1 aliphatic heterocycles. The van der Waals surface area contributed by atoms with E-state index in [2.05, 4.69) is 17.4 Å². The molecule has 20 heavy (non-hydrogen) atoms. The Morgan fingerprint density at radius 1 is 1.25 bits per heavy atom. The first-order chi connectivity index (χ1) is 9.61. The molecule has 1 fully saturated rings. The maximum atomic E-state index is 12.0. The molecule has 0 atom stereocenters. The van der Waals surface area contributed by atoms with Gasteiger partial charge in [-0.1, -0.05) is 6.07 Å². The molecule has 0 saturated carbocycles. The number of carboxylic acid groups (broad SMARTS) is 1. The predicted molar refractivity (Wildman–Crippen MR) is 74.8 cm³/mol. The number of carboxylic acids is 1. The van der Waals surface area contributed by atoms with Crippen molar-refractivity contribution in [1.82, 2.24) is 4.90 Å². The van der Waals surface area contributed by atoms with Crippen molar-refractivity contribution in [3.8, 4) is 0 Å². The number of carbonyl (C=O) groups is 2. The molecule has 5 nitrogen and oxygen atoms in total. The average Bonchev–Trinajstić information content (AvgIpc) is 2.80. The third kappa shape index (κ3) is 2.61. The molecular formula is C15H18N2O3. The number of carbonyl (C=O) groups excluding carboxylic acids is 1. The quantitative estimate of drug-likeness (QED) is 0.887. The summed E-state index contributed by atoms with van der Waals surface area (Å²) in [6, 6.07) is 5.94. The number of aliphatic carboxylic acids is 1. The van der Waals surface area contributed by atoms with Gasteiger partial charge in [0.2, 0.25) is 0 Å². The topological polar surface area (TPSA) is 69.6 Å². The van der Waals surface area contributed by atoms with Crippen LogP contribution in [0.15, 0.2) is 18.2 Å². The van der Waals surface area contributed by atoms with E-state index in [1.54, 1.807) is 4.90 Å². The fourth-order valence-corrected chi connectivity index (χ4v) is 2.96. The van der Waals surface area contributed by atoms with Crippen LogP contribution in [0.5, 0.6) is 0 Å². The standard InChI is InChI=1S/C15H18N2O3/c18-14(19)6-10-8-17(9-10)15(20)16-13-5-4-11-2-1-3-12(11)7-13/h4-5,7,10H,1-3,6,8-9H2,(H,16,20)(H,18,19). The number of rotatable bonds is 3. The molecule has 3 rings (SSSR count). The van der Waals surface area contributed by atoms with E-state index in [9.17, 15) is 9.59 Å². The zero-order valence-electron chi connectivity index (χ0n) is 11.3. The van der Waals surface area contributed by atoms with Gasteiger partial charge in [-0.3, -0.25) is 4.79 Å². The molecule has 1 aliphatic carbocycles. The summed E-state index contributed by atoms with van der Waals surface area (Å²) in [7, 11) is 0. The molecule has 1 heterocycles. The highest BCUT2D eigenvalue weighted by molar-refractivity contribution is 5.90. The first-order valence-corrected chi connectivity index (χ1v) is 7.01. The van der Waals surface area contributed by atoms with Crippen molar-refractivity contribution in [3.63, 3.8) is 0 Å². The van der Waals surface area contributed by atoms with Crippen LogP contribution in [0.4, 0.5) is 10.5 Å². The maximum Gasteiger partial charge on any atom is 0.321 e. The van der Waals surface area contributed by atoms with Crippen LogP contribution < -0.4 is 5.32 Å². The van der Waals surface area contributed by atoms with Crippen LogP contribution >= 0.6 is 0 Å². The number of amides is 2. The number of anilines is 1. The minimum Gasteiger partial charge on any atom is -0.481 e. The monoisotopic (exact) mass is 274 g/mol. The molecule has 0 aromatic heterocycles. The molecule has 5 heteroatoms. The highest BCUT2D eigenvalue weighted by Gasteiger charge is 2.32. The molecule has 2 aliphatic rings. The molecule has 0 unspecified atom stereocenters. The Balaban J connectivity index is 1.54. The summed E-state index contributed by atoms with van der Waals surface area (Å²) >= 11 is 0. The lowest BCUT2D eigenvalue weighted by Gasteiger charge is -2.38. The minimum atomic E-state index is -0.798. The molecular weight excluding hydrogens is 256 g/mol. The van der Waals surface area contributed by atoms with E-state index in [0.29, 0.717) is 13.1 Å². The van der Waals surface area contributed by atoms with Gasteiger partial charge in [0, 0.05) is 24.7 Å². The predicted octanol–water partition coefficient (Wildman–Crippen LogP) is 2.11. The molecule has 0 bridgehead atoms. The van der Waals surface area contributed by atoms with Crippen LogP contribution in [0.2, 0.25) is 0 Å². The van der Waals surface area contributed by atoms with Crippen molar-refractivity contribution in [2.24, 2.45) is 5.92 Å². The van der Waals surface area contributed by atoms with Crippen LogP contribution in [0, 0.1) is 5.92 Å². The van der Waals surface area contributed by atoms with E-state index in [1.165, 1.54) is 17.5 Å². The van der Waals surface area contributed by atoms with Gasteiger partial charge in [0.1, 0.15) is 0 Å². The fourth-order valence-electron chi connectivity index (χ4n) is 2.96. The molecule has 1 aromatic rings. The van der Waals surface area contributed by atoms with E-state index < -0.39 is 5.97 Å². The zero-order valence-corrected chi connectivity index (χ0v) is 11.3. The lowest BCUT2D eigenvalue weighted by molar-refractivity contribution is -0.139. The molecule has 1 saturated heterocycles. The minimum absolute atomic E-state index is 0.0956. The van der Waals surface area contributed by atoms with Gasteiger partial charge in [0.05, 0.1) is 6.42 Å². The highest BCUT2D eigenvalue weighted by atomic mass is 16.4. The van der Waals surface area contributed by atoms with E-state index in [0.717, 1.165) is 18.5 Å². The number of hydrogen-bond donors (Lipinski definition) is 2. The molecule has 2 amide bonds. The number of aryl methyl sites for hydroxylation is 2. The lowest BCUT2D eigenvalue weighted by atomic mass is 9.97. The van der Waals surface area contributed by atoms with Gasteiger partial charge in [0.15, 0.2) is 0 Å². The second kappa shape index (κ2) is 5.15. The van der Waals surface area contributed by atoms with Crippen LogP contribution in [0.25, 0.3) is 0 Å². The number of hydrogen-bond acceptors (Lipinski definition) is 2. The van der Waals surface area contributed by atoms with Crippen molar-refractivity contribution in [3.05, 3.63) is 29.3 Å². The summed E-state index contributed by atoms with van der Waals surface area (Å²) in [5.41, 5.74) is 3.54. The van der Waals surface area contributed by atoms with Gasteiger partial charge in [-0.15, -0.1) is 0 Å². The summed E-state index contributed by atoms with van der Waals surface area (Å²) in [5.74, 6) is -0.702. The summed E-state index contributed by atoms with van der Waals surface area (Å²) in [6.45, 7) is 1.06. The van der Waals surface area contributed by atoms with Crippen molar-refractivity contribution in [2.45, 2.75) is 25.7 Å². The lowest BCUT2D eigenvalue weighted by Crippen LogP contribution is -2.52. The Labute approximate surface area is 117 Å². The largest absolute Gasteiger partial charge is 0.481 e. The Bertz CT molecular complexity index is 550. The Hall–Kier alpha value is -2.04.